The Morgan fingerprint density at radius 2 is 1.84 bits per heavy atom. The lowest BCUT2D eigenvalue weighted by Crippen LogP contribution is -2.25. The third-order valence-electron chi connectivity index (χ3n) is 5.70. The van der Waals surface area contributed by atoms with Crippen molar-refractivity contribution < 1.29 is 4.74 Å². The van der Waals surface area contributed by atoms with Gasteiger partial charge in [0.25, 0.3) is 5.56 Å². The molecule has 0 aliphatic heterocycles. The zero-order chi connectivity index (χ0) is 22.4. The van der Waals surface area contributed by atoms with E-state index < -0.39 is 0 Å². The van der Waals surface area contributed by atoms with E-state index in [0.717, 1.165) is 27.7 Å². The van der Waals surface area contributed by atoms with Gasteiger partial charge >= 0.3 is 0 Å². The summed E-state index contributed by atoms with van der Waals surface area (Å²) < 4.78 is 9.02. The monoisotopic (exact) mass is 426 g/mol. The molecule has 0 radical (unpaired) electrons. The summed E-state index contributed by atoms with van der Waals surface area (Å²) in [6.45, 7) is 4.13. The fourth-order valence-electron chi connectivity index (χ4n) is 4.26. The molecule has 0 amide bonds. The Morgan fingerprint density at radius 1 is 1.03 bits per heavy atom. The Bertz CT molecular complexity index is 1550. The highest BCUT2D eigenvalue weighted by atomic mass is 16.5. The van der Waals surface area contributed by atoms with E-state index in [-0.39, 0.29) is 5.56 Å². The van der Waals surface area contributed by atoms with Gasteiger partial charge in [-0.1, -0.05) is 30.3 Å². The molecule has 0 aliphatic rings. The molecule has 5 rings (SSSR count). The minimum Gasteiger partial charge on any atom is -0.495 e. The number of nitrogens with two attached hydrogens (primary N) is 1. The lowest BCUT2D eigenvalue weighted by Gasteiger charge is -2.18. The molecule has 8 heteroatoms. The van der Waals surface area contributed by atoms with Gasteiger partial charge in [-0.05, 0) is 43.0 Å². The van der Waals surface area contributed by atoms with Crippen molar-refractivity contribution in [2.24, 2.45) is 0 Å². The number of hydrogen-bond donors (Lipinski definition) is 1. The maximum atomic E-state index is 13.8. The fourth-order valence-corrected chi connectivity index (χ4v) is 4.26. The first kappa shape index (κ1) is 19.7. The minimum atomic E-state index is -0.109. The van der Waals surface area contributed by atoms with Crippen LogP contribution in [0.4, 0.5) is 5.82 Å². The first-order valence-corrected chi connectivity index (χ1v) is 10.2. The van der Waals surface area contributed by atoms with Gasteiger partial charge in [0.05, 0.1) is 35.8 Å². The van der Waals surface area contributed by atoms with Gasteiger partial charge < -0.3 is 10.5 Å². The topological polar surface area (TPSA) is 101 Å². The molecule has 0 fully saturated rings. The highest BCUT2D eigenvalue weighted by Gasteiger charge is 2.18. The van der Waals surface area contributed by atoms with E-state index in [2.05, 4.69) is 15.1 Å². The Hall–Kier alpha value is -4.20. The molecule has 0 spiro atoms. The van der Waals surface area contributed by atoms with Gasteiger partial charge in [0.1, 0.15) is 17.9 Å². The van der Waals surface area contributed by atoms with Crippen LogP contribution in [0.2, 0.25) is 0 Å². The van der Waals surface area contributed by atoms with Crippen LogP contribution in [0.1, 0.15) is 17.0 Å². The molecule has 3 heterocycles. The van der Waals surface area contributed by atoms with Crippen LogP contribution in [-0.4, -0.2) is 31.4 Å². The van der Waals surface area contributed by atoms with E-state index in [1.54, 1.807) is 16.4 Å². The van der Waals surface area contributed by atoms with Crippen molar-refractivity contribution in [3.8, 4) is 11.4 Å². The molecule has 160 valence electrons. The first-order valence-electron chi connectivity index (χ1n) is 10.2. The molecule has 0 saturated heterocycles. The quantitative estimate of drug-likeness (QED) is 0.473. The summed E-state index contributed by atoms with van der Waals surface area (Å²) in [6.07, 6.45) is 1.42. The van der Waals surface area contributed by atoms with Gasteiger partial charge in [0.15, 0.2) is 5.65 Å². The van der Waals surface area contributed by atoms with Crippen LogP contribution >= 0.6 is 0 Å². The van der Waals surface area contributed by atoms with E-state index in [1.165, 1.54) is 6.33 Å². The highest BCUT2D eigenvalue weighted by molar-refractivity contribution is 5.88. The second-order valence-electron chi connectivity index (χ2n) is 7.69. The summed E-state index contributed by atoms with van der Waals surface area (Å²) in [5.74, 6) is 0.992. The van der Waals surface area contributed by atoms with Crippen molar-refractivity contribution in [1.29, 1.82) is 0 Å². The van der Waals surface area contributed by atoms with E-state index in [4.69, 9.17) is 10.5 Å². The summed E-state index contributed by atoms with van der Waals surface area (Å²) in [6, 6.07) is 15.3. The van der Waals surface area contributed by atoms with Gasteiger partial charge in [0, 0.05) is 5.69 Å². The number of aryl methyl sites for hydroxylation is 2. The SMILES string of the molecule is COc1ccccc1-n1c(Cn2nc(C)c3c(N)ncnc32)cc2cccc(C)c2c1=O. The zero-order valence-electron chi connectivity index (χ0n) is 18.0. The third kappa shape index (κ3) is 2.99. The van der Waals surface area contributed by atoms with Crippen LogP contribution in [0.15, 0.2) is 59.7 Å². The van der Waals surface area contributed by atoms with E-state index in [0.29, 0.717) is 34.8 Å². The largest absolute Gasteiger partial charge is 0.495 e. The maximum Gasteiger partial charge on any atom is 0.263 e. The molecule has 2 aromatic carbocycles. The van der Waals surface area contributed by atoms with Crippen LogP contribution in [0, 0.1) is 13.8 Å². The van der Waals surface area contributed by atoms with Crippen LogP contribution in [0.25, 0.3) is 27.5 Å². The molecule has 8 nitrogen and oxygen atoms in total. The molecule has 0 bridgehead atoms. The van der Waals surface area contributed by atoms with Gasteiger partial charge in [-0.15, -0.1) is 0 Å². The number of benzene rings is 2. The van der Waals surface area contributed by atoms with E-state index in [1.807, 2.05) is 62.4 Å². The van der Waals surface area contributed by atoms with Gasteiger partial charge in [-0.3, -0.25) is 9.36 Å². The number of nitrogens with zero attached hydrogens (tertiary/aromatic N) is 5. The van der Waals surface area contributed by atoms with Gasteiger partial charge in [-0.2, -0.15) is 5.10 Å². The molecular formula is C24H22N6O2. The predicted octanol–water partition coefficient (Wildman–Crippen LogP) is 3.39. The number of hydrogen-bond acceptors (Lipinski definition) is 6. The average molecular weight is 426 g/mol. The normalized spacial score (nSPS) is 11.3. The first-order chi connectivity index (χ1) is 15.5. The number of ether oxygens (including phenoxy) is 1. The molecule has 2 N–H and O–H groups in total. The summed E-state index contributed by atoms with van der Waals surface area (Å²) >= 11 is 0. The number of methoxy groups -OCH3 is 1. The van der Waals surface area contributed by atoms with Crippen molar-refractivity contribution in [3.63, 3.8) is 0 Å². The molecular weight excluding hydrogens is 404 g/mol. The van der Waals surface area contributed by atoms with Crippen molar-refractivity contribution in [3.05, 3.63) is 82.2 Å². The molecule has 0 atom stereocenters. The number of aromatic nitrogens is 5. The van der Waals surface area contributed by atoms with Gasteiger partial charge in [-0.25, -0.2) is 14.6 Å². The molecule has 5 aromatic rings. The Labute approximate surface area is 183 Å². The Kier molecular flexibility index (Phi) is 4.62. The molecule has 0 saturated carbocycles. The summed E-state index contributed by atoms with van der Waals surface area (Å²) in [4.78, 5) is 22.3. The lowest BCUT2D eigenvalue weighted by molar-refractivity contribution is 0.412. The molecule has 0 aliphatic carbocycles. The van der Waals surface area contributed by atoms with Crippen LogP contribution in [0.5, 0.6) is 5.75 Å². The number of anilines is 1. The van der Waals surface area contributed by atoms with Crippen LogP contribution < -0.4 is 16.0 Å². The van der Waals surface area contributed by atoms with E-state index >= 15 is 0 Å². The second kappa shape index (κ2) is 7.49. The number of fused-ring (bicyclic) bond motifs is 2. The van der Waals surface area contributed by atoms with Crippen LogP contribution in [-0.2, 0) is 6.54 Å². The number of rotatable bonds is 4. The van der Waals surface area contributed by atoms with Crippen LogP contribution in [0.3, 0.4) is 0 Å². The summed E-state index contributed by atoms with van der Waals surface area (Å²) in [5, 5.41) is 6.91. The zero-order valence-corrected chi connectivity index (χ0v) is 18.0. The van der Waals surface area contributed by atoms with Gasteiger partial charge in [0.2, 0.25) is 0 Å². The fraction of sp³-hybridized carbons (Fsp3) is 0.167. The van der Waals surface area contributed by atoms with Crippen molar-refractivity contribution in [2.75, 3.05) is 12.8 Å². The highest BCUT2D eigenvalue weighted by Crippen LogP contribution is 2.27. The molecule has 0 unspecified atom stereocenters. The third-order valence-corrected chi connectivity index (χ3v) is 5.70. The van der Waals surface area contributed by atoms with Crippen molar-refractivity contribution in [2.45, 2.75) is 20.4 Å². The van der Waals surface area contributed by atoms with Crippen molar-refractivity contribution >= 4 is 27.6 Å². The standard InChI is InChI=1S/C24H22N6O2/c1-14-7-6-8-16-11-17(12-29-23-21(15(2)28-29)22(25)26-13-27-23)30(24(31)20(14)16)18-9-4-5-10-19(18)32-3/h4-11,13H,12H2,1-3H3,(H2,25,26,27). The Morgan fingerprint density at radius 3 is 2.66 bits per heavy atom. The second-order valence-corrected chi connectivity index (χ2v) is 7.69. The van der Waals surface area contributed by atoms with Crippen molar-refractivity contribution in [1.82, 2.24) is 24.3 Å². The van der Waals surface area contributed by atoms with E-state index in [9.17, 15) is 4.79 Å². The molecule has 3 aromatic heterocycles. The molecule has 32 heavy (non-hydrogen) atoms. The summed E-state index contributed by atoms with van der Waals surface area (Å²) in [7, 11) is 1.60. The predicted molar refractivity (Wildman–Crippen MR) is 124 cm³/mol. The number of nitrogen functional groups attached to an aromatic ring is 1. The smallest absolute Gasteiger partial charge is 0.263 e. The minimum absolute atomic E-state index is 0.109. The summed E-state index contributed by atoms with van der Waals surface area (Å²) in [5.41, 5.74) is 9.65. The lowest BCUT2D eigenvalue weighted by atomic mass is 10.1. The average Bonchev–Trinajstić information content (AvgIpc) is 3.10. The maximum absolute atomic E-state index is 13.8. The number of para-hydroxylation sites is 2. The number of pyridine rings is 1. The Balaban J connectivity index is 1.82.